The van der Waals surface area contributed by atoms with Crippen molar-refractivity contribution < 1.29 is 18.7 Å². The van der Waals surface area contributed by atoms with Gasteiger partial charge in [-0.3, -0.25) is 0 Å². The van der Waals surface area contributed by atoms with Crippen LogP contribution in [0.15, 0.2) is 57.7 Å². The summed E-state index contributed by atoms with van der Waals surface area (Å²) in [7, 11) is 0. The number of para-hydroxylation sites is 1. The molecule has 0 fully saturated rings. The van der Waals surface area contributed by atoms with Gasteiger partial charge in [-0.05, 0) is 30.7 Å². The van der Waals surface area contributed by atoms with Crippen LogP contribution in [0.3, 0.4) is 0 Å². The third kappa shape index (κ3) is 3.90. The fourth-order valence-corrected chi connectivity index (χ4v) is 2.48. The Morgan fingerprint density at radius 2 is 2.00 bits per heavy atom. The number of nitriles is 1. The Bertz CT molecular complexity index is 1060. The van der Waals surface area contributed by atoms with Gasteiger partial charge in [0, 0.05) is 17.0 Å². The fraction of sp³-hybridized carbons (Fsp3) is 0.150. The zero-order chi connectivity index (χ0) is 18.5. The molecule has 3 aromatic rings. The minimum absolute atomic E-state index is 0.0761. The number of rotatable bonds is 5. The Hall–Kier alpha value is -3.59. The van der Waals surface area contributed by atoms with Crippen molar-refractivity contribution >= 4 is 16.9 Å². The summed E-state index contributed by atoms with van der Waals surface area (Å²) in [6, 6.07) is 15.4. The van der Waals surface area contributed by atoms with Gasteiger partial charge >= 0.3 is 11.6 Å². The summed E-state index contributed by atoms with van der Waals surface area (Å²) in [4.78, 5) is 23.6. The number of hydrogen-bond donors (Lipinski definition) is 0. The topological polar surface area (TPSA) is 89.5 Å². The minimum Gasteiger partial charge on any atom is -0.481 e. The number of hydrogen-bond acceptors (Lipinski definition) is 6. The third-order valence-electron chi connectivity index (χ3n) is 3.73. The number of ether oxygens (including phenoxy) is 2. The maximum Gasteiger partial charge on any atom is 0.344 e. The van der Waals surface area contributed by atoms with Crippen molar-refractivity contribution in [2.24, 2.45) is 0 Å². The number of esters is 1. The van der Waals surface area contributed by atoms with Crippen LogP contribution in [-0.2, 0) is 16.1 Å². The van der Waals surface area contributed by atoms with Crippen molar-refractivity contribution in [3.8, 4) is 11.8 Å². The van der Waals surface area contributed by atoms with E-state index in [2.05, 4.69) is 0 Å². The van der Waals surface area contributed by atoms with Gasteiger partial charge in [0.25, 0.3) is 0 Å². The molecule has 26 heavy (non-hydrogen) atoms. The quantitative estimate of drug-likeness (QED) is 0.519. The first-order chi connectivity index (χ1) is 12.6. The summed E-state index contributed by atoms with van der Waals surface area (Å²) < 4.78 is 15.7. The highest BCUT2D eigenvalue weighted by atomic mass is 16.6. The number of carbonyl (C=O) groups excluding carboxylic acids is 1. The lowest BCUT2D eigenvalue weighted by Crippen LogP contribution is -2.15. The van der Waals surface area contributed by atoms with E-state index in [-0.39, 0.29) is 13.2 Å². The molecule has 0 aliphatic carbocycles. The van der Waals surface area contributed by atoms with Crippen LogP contribution in [0.25, 0.3) is 11.0 Å². The first-order valence-electron chi connectivity index (χ1n) is 7.88. The van der Waals surface area contributed by atoms with Crippen LogP contribution >= 0.6 is 0 Å². The molecule has 0 atom stereocenters. The molecular formula is C20H15NO5. The van der Waals surface area contributed by atoms with Gasteiger partial charge in [-0.2, -0.15) is 5.26 Å². The second-order valence-electron chi connectivity index (χ2n) is 5.65. The monoisotopic (exact) mass is 349 g/mol. The van der Waals surface area contributed by atoms with E-state index in [1.165, 1.54) is 6.07 Å². The molecule has 0 aliphatic heterocycles. The Kier molecular flexibility index (Phi) is 4.99. The molecule has 0 amide bonds. The fourth-order valence-electron chi connectivity index (χ4n) is 2.48. The van der Waals surface area contributed by atoms with E-state index in [0.29, 0.717) is 27.8 Å². The highest BCUT2D eigenvalue weighted by molar-refractivity contribution is 5.81. The second kappa shape index (κ2) is 7.53. The van der Waals surface area contributed by atoms with Crippen molar-refractivity contribution in [3.05, 3.63) is 75.6 Å². The summed E-state index contributed by atoms with van der Waals surface area (Å²) in [5.41, 5.74) is 1.79. The summed E-state index contributed by atoms with van der Waals surface area (Å²) in [5, 5.41) is 9.70. The molecule has 1 heterocycles. The first kappa shape index (κ1) is 17.2. The van der Waals surface area contributed by atoms with Crippen LogP contribution in [0.1, 0.15) is 16.7 Å². The molecule has 0 saturated carbocycles. The molecule has 0 spiro atoms. The molecule has 0 radical (unpaired) electrons. The molecule has 0 saturated heterocycles. The second-order valence-corrected chi connectivity index (χ2v) is 5.65. The number of aryl methyl sites for hydroxylation is 1. The molecule has 0 N–H and O–H groups in total. The van der Waals surface area contributed by atoms with E-state index in [9.17, 15) is 9.59 Å². The lowest BCUT2D eigenvalue weighted by atomic mass is 10.1. The molecule has 0 bridgehead atoms. The molecule has 0 unspecified atom stereocenters. The number of carbonyl (C=O) groups is 1. The summed E-state index contributed by atoms with van der Waals surface area (Å²) >= 11 is 0. The zero-order valence-corrected chi connectivity index (χ0v) is 14.0. The largest absolute Gasteiger partial charge is 0.481 e. The zero-order valence-electron chi connectivity index (χ0n) is 14.0. The predicted octanol–water partition coefficient (Wildman–Crippen LogP) is 3.10. The Morgan fingerprint density at radius 3 is 2.81 bits per heavy atom. The summed E-state index contributed by atoms with van der Waals surface area (Å²) in [5.74, 6) is -0.292. The molecule has 1 aromatic heterocycles. The molecule has 3 rings (SSSR count). The molecular weight excluding hydrogens is 334 g/mol. The molecule has 130 valence electrons. The Balaban J connectivity index is 1.67. The number of benzene rings is 2. The minimum atomic E-state index is -0.605. The van der Waals surface area contributed by atoms with Gasteiger partial charge in [0.2, 0.25) is 0 Å². The SMILES string of the molecule is Cc1ccc2c(COC(=O)COc3ccccc3C#N)cc(=O)oc2c1. The van der Waals surface area contributed by atoms with Gasteiger partial charge in [-0.15, -0.1) is 0 Å². The van der Waals surface area contributed by atoms with E-state index in [4.69, 9.17) is 19.2 Å². The maximum absolute atomic E-state index is 11.9. The maximum atomic E-state index is 11.9. The highest BCUT2D eigenvalue weighted by Crippen LogP contribution is 2.20. The van der Waals surface area contributed by atoms with Crippen LogP contribution < -0.4 is 10.4 Å². The average Bonchev–Trinajstić information content (AvgIpc) is 2.64. The van der Waals surface area contributed by atoms with Crippen molar-refractivity contribution in [1.29, 1.82) is 5.26 Å². The average molecular weight is 349 g/mol. The van der Waals surface area contributed by atoms with Crippen molar-refractivity contribution in [3.63, 3.8) is 0 Å². The predicted molar refractivity (Wildman–Crippen MR) is 93.7 cm³/mol. The van der Waals surface area contributed by atoms with Gasteiger partial charge < -0.3 is 13.9 Å². The van der Waals surface area contributed by atoms with E-state index in [1.54, 1.807) is 30.3 Å². The van der Waals surface area contributed by atoms with Gasteiger partial charge in [0.15, 0.2) is 6.61 Å². The molecule has 6 nitrogen and oxygen atoms in total. The van der Waals surface area contributed by atoms with Gasteiger partial charge in [-0.1, -0.05) is 24.3 Å². The summed E-state index contributed by atoms with van der Waals surface area (Å²) in [6.07, 6.45) is 0. The van der Waals surface area contributed by atoms with Gasteiger partial charge in [-0.25, -0.2) is 9.59 Å². The molecule has 6 heteroatoms. The highest BCUT2D eigenvalue weighted by Gasteiger charge is 2.11. The third-order valence-corrected chi connectivity index (χ3v) is 3.73. The van der Waals surface area contributed by atoms with E-state index < -0.39 is 11.6 Å². The van der Waals surface area contributed by atoms with Crippen molar-refractivity contribution in [1.82, 2.24) is 0 Å². The standard InChI is InChI=1S/C20H15NO5/c1-13-6-7-16-15(9-19(22)26-18(16)8-13)11-25-20(23)12-24-17-5-3-2-4-14(17)10-21/h2-9H,11-12H2,1H3. The molecule has 2 aromatic carbocycles. The lowest BCUT2D eigenvalue weighted by molar-refractivity contribution is -0.147. The van der Waals surface area contributed by atoms with Crippen molar-refractivity contribution in [2.45, 2.75) is 13.5 Å². The van der Waals surface area contributed by atoms with E-state index in [1.807, 2.05) is 25.1 Å². The van der Waals surface area contributed by atoms with Crippen LogP contribution in [0.2, 0.25) is 0 Å². The number of nitrogens with zero attached hydrogens (tertiary/aromatic N) is 1. The lowest BCUT2D eigenvalue weighted by Gasteiger charge is -2.09. The van der Waals surface area contributed by atoms with Crippen LogP contribution in [0, 0.1) is 18.3 Å². The van der Waals surface area contributed by atoms with E-state index >= 15 is 0 Å². The smallest absolute Gasteiger partial charge is 0.344 e. The van der Waals surface area contributed by atoms with Gasteiger partial charge in [0.05, 0.1) is 5.56 Å². The Labute approximate surface area is 149 Å². The van der Waals surface area contributed by atoms with Crippen LogP contribution in [-0.4, -0.2) is 12.6 Å². The van der Waals surface area contributed by atoms with Crippen LogP contribution in [0.4, 0.5) is 0 Å². The Morgan fingerprint density at radius 1 is 1.19 bits per heavy atom. The molecule has 0 aliphatic rings. The van der Waals surface area contributed by atoms with Gasteiger partial charge in [0.1, 0.15) is 24.0 Å². The van der Waals surface area contributed by atoms with E-state index in [0.717, 1.165) is 5.56 Å². The van der Waals surface area contributed by atoms with Crippen molar-refractivity contribution in [2.75, 3.05) is 6.61 Å². The first-order valence-corrected chi connectivity index (χ1v) is 7.88. The summed E-state index contributed by atoms with van der Waals surface area (Å²) in [6.45, 7) is 1.48. The normalized spacial score (nSPS) is 10.3. The van der Waals surface area contributed by atoms with Crippen LogP contribution in [0.5, 0.6) is 5.75 Å². The number of fused-ring (bicyclic) bond motifs is 1.